The lowest BCUT2D eigenvalue weighted by Gasteiger charge is -2.42. The highest BCUT2D eigenvalue weighted by atomic mass is 16.5. The first-order valence-electron chi connectivity index (χ1n) is 6.22. The molecule has 1 atom stereocenters. The molecule has 2 heterocycles. The maximum Gasteiger partial charge on any atom is 0.0594 e. The highest BCUT2D eigenvalue weighted by Gasteiger charge is 2.33. The molecule has 2 saturated heterocycles. The zero-order valence-electron chi connectivity index (χ0n) is 10.1. The molecule has 0 spiro atoms. The molecule has 0 radical (unpaired) electrons. The third kappa shape index (κ3) is 2.92. The van der Waals surface area contributed by atoms with Crippen molar-refractivity contribution in [1.82, 2.24) is 10.2 Å². The van der Waals surface area contributed by atoms with Crippen molar-refractivity contribution in [3.8, 4) is 0 Å². The zero-order chi connectivity index (χ0) is 10.7. The Hall–Kier alpha value is -0.120. The van der Waals surface area contributed by atoms with Crippen LogP contribution in [0.1, 0.15) is 26.7 Å². The van der Waals surface area contributed by atoms with Crippen LogP contribution in [0.15, 0.2) is 0 Å². The largest absolute Gasteiger partial charge is 0.379 e. The van der Waals surface area contributed by atoms with Crippen LogP contribution in [-0.2, 0) is 4.74 Å². The van der Waals surface area contributed by atoms with E-state index in [2.05, 4.69) is 24.1 Å². The first-order valence-corrected chi connectivity index (χ1v) is 6.22. The normalized spacial score (nSPS) is 32.8. The second-order valence-electron chi connectivity index (χ2n) is 5.51. The van der Waals surface area contributed by atoms with Gasteiger partial charge in [-0.25, -0.2) is 0 Å². The summed E-state index contributed by atoms with van der Waals surface area (Å²) in [6.45, 7) is 11.2. The third-order valence-corrected chi connectivity index (χ3v) is 3.88. The maximum absolute atomic E-state index is 5.38. The molecule has 3 heteroatoms. The van der Waals surface area contributed by atoms with Gasteiger partial charge >= 0.3 is 0 Å². The average Bonchev–Trinajstić information content (AvgIpc) is 2.23. The van der Waals surface area contributed by atoms with Gasteiger partial charge in [-0.1, -0.05) is 13.8 Å². The van der Waals surface area contributed by atoms with Crippen molar-refractivity contribution in [1.29, 1.82) is 0 Å². The molecule has 2 aliphatic rings. The Kier molecular flexibility index (Phi) is 3.65. The quantitative estimate of drug-likeness (QED) is 0.742. The average molecular weight is 212 g/mol. The summed E-state index contributed by atoms with van der Waals surface area (Å²) in [5.41, 5.74) is 0.455. The number of ether oxygens (including phenoxy) is 1. The van der Waals surface area contributed by atoms with Gasteiger partial charge in [-0.05, 0) is 24.8 Å². The molecule has 1 N–H and O–H groups in total. The van der Waals surface area contributed by atoms with Crippen molar-refractivity contribution in [2.24, 2.45) is 5.41 Å². The van der Waals surface area contributed by atoms with E-state index in [0.717, 1.165) is 26.3 Å². The van der Waals surface area contributed by atoms with Crippen molar-refractivity contribution in [3.05, 3.63) is 0 Å². The van der Waals surface area contributed by atoms with Gasteiger partial charge in [0.1, 0.15) is 0 Å². The van der Waals surface area contributed by atoms with E-state index in [9.17, 15) is 0 Å². The minimum atomic E-state index is 0.455. The minimum Gasteiger partial charge on any atom is -0.379 e. The van der Waals surface area contributed by atoms with E-state index in [1.54, 1.807) is 0 Å². The molecule has 0 amide bonds. The van der Waals surface area contributed by atoms with Crippen molar-refractivity contribution in [2.45, 2.75) is 32.7 Å². The smallest absolute Gasteiger partial charge is 0.0594 e. The molecule has 0 aromatic rings. The van der Waals surface area contributed by atoms with Crippen molar-refractivity contribution < 1.29 is 4.74 Å². The lowest BCUT2D eigenvalue weighted by Crippen LogP contribution is -2.54. The number of morpholine rings is 1. The number of hydrogen-bond donors (Lipinski definition) is 1. The van der Waals surface area contributed by atoms with Gasteiger partial charge in [0.05, 0.1) is 13.2 Å². The van der Waals surface area contributed by atoms with Gasteiger partial charge in [-0.15, -0.1) is 0 Å². The van der Waals surface area contributed by atoms with Crippen molar-refractivity contribution in [3.63, 3.8) is 0 Å². The highest BCUT2D eigenvalue weighted by molar-refractivity contribution is 4.90. The van der Waals surface area contributed by atoms with Crippen LogP contribution in [-0.4, -0.2) is 50.3 Å². The number of nitrogens with zero attached hydrogens (tertiary/aromatic N) is 1. The fourth-order valence-electron chi connectivity index (χ4n) is 2.62. The Balaban J connectivity index is 1.85. The Morgan fingerprint density at radius 3 is 2.73 bits per heavy atom. The molecule has 2 aliphatic heterocycles. The summed E-state index contributed by atoms with van der Waals surface area (Å²) in [6, 6.07) is 0.657. The van der Waals surface area contributed by atoms with E-state index in [-0.39, 0.29) is 0 Å². The molecule has 0 aromatic heterocycles. The minimum absolute atomic E-state index is 0.455. The Morgan fingerprint density at radius 1 is 1.33 bits per heavy atom. The van der Waals surface area contributed by atoms with E-state index in [1.807, 2.05) is 0 Å². The summed E-state index contributed by atoms with van der Waals surface area (Å²) < 4.78 is 5.38. The summed E-state index contributed by atoms with van der Waals surface area (Å²) in [7, 11) is 0. The second-order valence-corrected chi connectivity index (χ2v) is 5.51. The summed E-state index contributed by atoms with van der Waals surface area (Å²) in [4.78, 5) is 2.54. The summed E-state index contributed by atoms with van der Waals surface area (Å²) >= 11 is 0. The van der Waals surface area contributed by atoms with E-state index in [1.165, 1.54) is 25.9 Å². The van der Waals surface area contributed by atoms with Crippen LogP contribution in [0.2, 0.25) is 0 Å². The third-order valence-electron chi connectivity index (χ3n) is 3.88. The van der Waals surface area contributed by atoms with E-state index < -0.39 is 0 Å². The van der Waals surface area contributed by atoms with Crippen molar-refractivity contribution in [2.75, 3.05) is 39.4 Å². The van der Waals surface area contributed by atoms with Crippen LogP contribution in [0.25, 0.3) is 0 Å². The van der Waals surface area contributed by atoms with E-state index in [0.29, 0.717) is 11.5 Å². The molecule has 3 nitrogen and oxygen atoms in total. The fourth-order valence-corrected chi connectivity index (χ4v) is 2.62. The van der Waals surface area contributed by atoms with Crippen LogP contribution < -0.4 is 5.32 Å². The van der Waals surface area contributed by atoms with Crippen LogP contribution in [0, 0.1) is 5.41 Å². The number of rotatable bonds is 2. The molecule has 15 heavy (non-hydrogen) atoms. The molecule has 0 saturated carbocycles. The number of piperidine rings is 1. The molecule has 2 fully saturated rings. The van der Waals surface area contributed by atoms with Crippen LogP contribution in [0.4, 0.5) is 0 Å². The molecular formula is C12H24N2O. The molecule has 1 unspecified atom stereocenters. The summed E-state index contributed by atoms with van der Waals surface area (Å²) in [6.07, 6.45) is 2.68. The monoisotopic (exact) mass is 212 g/mol. The molecule has 88 valence electrons. The first kappa shape index (κ1) is 11.4. The highest BCUT2D eigenvalue weighted by Crippen LogP contribution is 2.30. The predicted molar refractivity (Wildman–Crippen MR) is 62.1 cm³/mol. The number of nitrogens with one attached hydrogen (secondary N) is 1. The Morgan fingerprint density at radius 2 is 2.07 bits per heavy atom. The molecule has 2 rings (SSSR count). The van der Waals surface area contributed by atoms with Gasteiger partial charge in [0.25, 0.3) is 0 Å². The fraction of sp³-hybridized carbons (Fsp3) is 1.00. The van der Waals surface area contributed by atoms with Crippen LogP contribution in [0.3, 0.4) is 0 Å². The van der Waals surface area contributed by atoms with Crippen LogP contribution in [0.5, 0.6) is 0 Å². The SMILES string of the molecule is CC1(C)CCCNC1CN1CCOCC1. The zero-order valence-corrected chi connectivity index (χ0v) is 10.1. The van der Waals surface area contributed by atoms with E-state index >= 15 is 0 Å². The summed E-state index contributed by atoms with van der Waals surface area (Å²) in [5, 5.41) is 3.67. The lowest BCUT2D eigenvalue weighted by atomic mass is 9.77. The van der Waals surface area contributed by atoms with Crippen LogP contribution >= 0.6 is 0 Å². The van der Waals surface area contributed by atoms with Gasteiger partial charge in [-0.3, -0.25) is 4.90 Å². The summed E-state index contributed by atoms with van der Waals surface area (Å²) in [5.74, 6) is 0. The second kappa shape index (κ2) is 4.81. The van der Waals surface area contributed by atoms with Crippen molar-refractivity contribution >= 4 is 0 Å². The Labute approximate surface area is 93.2 Å². The van der Waals surface area contributed by atoms with Gasteiger partial charge in [0, 0.05) is 25.7 Å². The van der Waals surface area contributed by atoms with Gasteiger partial charge < -0.3 is 10.1 Å². The molecule has 0 bridgehead atoms. The predicted octanol–water partition coefficient (Wildman–Crippen LogP) is 1.10. The molecule has 0 aromatic carbocycles. The molecular weight excluding hydrogens is 188 g/mol. The standard InChI is InChI=1S/C12H24N2O/c1-12(2)4-3-5-13-11(12)10-14-6-8-15-9-7-14/h11,13H,3-10H2,1-2H3. The van der Waals surface area contributed by atoms with Gasteiger partial charge in [-0.2, -0.15) is 0 Å². The van der Waals surface area contributed by atoms with Gasteiger partial charge in [0.2, 0.25) is 0 Å². The van der Waals surface area contributed by atoms with Gasteiger partial charge in [0.15, 0.2) is 0 Å². The molecule has 0 aliphatic carbocycles. The Bertz CT molecular complexity index is 200. The number of hydrogen-bond acceptors (Lipinski definition) is 3. The lowest BCUT2D eigenvalue weighted by molar-refractivity contribution is 0.0207. The van der Waals surface area contributed by atoms with E-state index in [4.69, 9.17) is 4.74 Å². The first-order chi connectivity index (χ1) is 7.18. The maximum atomic E-state index is 5.38. The topological polar surface area (TPSA) is 24.5 Å².